The Hall–Kier alpha value is -1.71. The molecule has 1 N–H and O–H groups in total. The van der Waals surface area contributed by atoms with Crippen LogP contribution < -0.4 is 0 Å². The van der Waals surface area contributed by atoms with Gasteiger partial charge in [0.25, 0.3) is 0 Å². The van der Waals surface area contributed by atoms with Gasteiger partial charge in [0, 0.05) is 12.2 Å². The van der Waals surface area contributed by atoms with E-state index in [0.717, 1.165) is 22.3 Å². The highest BCUT2D eigenvalue weighted by Gasteiger charge is 2.11. The maximum atomic E-state index is 14.0. The SMILES string of the molecule is CCOCc1cc(CO)ccc1-c1cc(C)ccc1F. The van der Waals surface area contributed by atoms with Crippen LogP contribution in [0.5, 0.6) is 0 Å². The van der Waals surface area contributed by atoms with Crippen LogP contribution in [0.1, 0.15) is 23.6 Å². The van der Waals surface area contributed by atoms with E-state index in [9.17, 15) is 9.50 Å². The summed E-state index contributed by atoms with van der Waals surface area (Å²) in [5.74, 6) is -0.245. The Bertz CT molecular complexity index is 594. The molecule has 0 aliphatic heterocycles. The van der Waals surface area contributed by atoms with E-state index in [0.29, 0.717) is 18.8 Å². The zero-order valence-corrected chi connectivity index (χ0v) is 11.8. The molecule has 2 aromatic rings. The molecule has 3 heteroatoms. The summed E-state index contributed by atoms with van der Waals surface area (Å²) in [7, 11) is 0. The number of hydrogen-bond acceptors (Lipinski definition) is 2. The third kappa shape index (κ3) is 3.24. The first-order chi connectivity index (χ1) is 9.65. The fourth-order valence-electron chi connectivity index (χ4n) is 2.19. The Morgan fingerprint density at radius 3 is 2.60 bits per heavy atom. The molecular weight excluding hydrogens is 255 g/mol. The second kappa shape index (κ2) is 6.64. The molecule has 2 rings (SSSR count). The fourth-order valence-corrected chi connectivity index (χ4v) is 2.19. The lowest BCUT2D eigenvalue weighted by atomic mass is 9.96. The van der Waals surface area contributed by atoms with E-state index in [2.05, 4.69) is 0 Å². The first kappa shape index (κ1) is 14.7. The molecule has 0 bridgehead atoms. The molecule has 0 atom stereocenters. The van der Waals surface area contributed by atoms with Gasteiger partial charge in [-0.25, -0.2) is 4.39 Å². The lowest BCUT2D eigenvalue weighted by Crippen LogP contribution is -1.98. The zero-order chi connectivity index (χ0) is 14.5. The molecular formula is C17H19FO2. The van der Waals surface area contributed by atoms with Gasteiger partial charge >= 0.3 is 0 Å². The molecule has 0 amide bonds. The van der Waals surface area contributed by atoms with Gasteiger partial charge in [-0.3, -0.25) is 0 Å². The van der Waals surface area contributed by atoms with Crippen LogP contribution >= 0.6 is 0 Å². The van der Waals surface area contributed by atoms with Crippen molar-refractivity contribution in [2.24, 2.45) is 0 Å². The maximum Gasteiger partial charge on any atom is 0.131 e. The minimum Gasteiger partial charge on any atom is -0.392 e. The van der Waals surface area contributed by atoms with E-state index >= 15 is 0 Å². The Morgan fingerprint density at radius 1 is 1.10 bits per heavy atom. The second-order valence-corrected chi connectivity index (χ2v) is 4.77. The van der Waals surface area contributed by atoms with Crippen molar-refractivity contribution in [2.75, 3.05) is 6.61 Å². The van der Waals surface area contributed by atoms with E-state index in [1.54, 1.807) is 6.07 Å². The first-order valence-corrected chi connectivity index (χ1v) is 6.72. The Morgan fingerprint density at radius 2 is 1.90 bits per heavy atom. The summed E-state index contributed by atoms with van der Waals surface area (Å²) >= 11 is 0. The van der Waals surface area contributed by atoms with Crippen LogP contribution in [0.4, 0.5) is 4.39 Å². The van der Waals surface area contributed by atoms with Crippen molar-refractivity contribution < 1.29 is 14.2 Å². The summed E-state index contributed by atoms with van der Waals surface area (Å²) in [5, 5.41) is 9.23. The standard InChI is InChI=1S/C17H19FO2/c1-3-20-11-14-9-13(10-19)5-6-15(14)16-8-12(2)4-7-17(16)18/h4-9,19H,3,10-11H2,1-2H3. The molecule has 106 valence electrons. The highest BCUT2D eigenvalue weighted by molar-refractivity contribution is 5.69. The molecule has 0 aliphatic carbocycles. The largest absolute Gasteiger partial charge is 0.392 e. The topological polar surface area (TPSA) is 29.5 Å². The Labute approximate surface area is 118 Å². The predicted octanol–water partition coefficient (Wildman–Crippen LogP) is 3.83. The van der Waals surface area contributed by atoms with Gasteiger partial charge < -0.3 is 9.84 Å². The summed E-state index contributed by atoms with van der Waals surface area (Å²) in [6.07, 6.45) is 0. The minimum atomic E-state index is -0.245. The van der Waals surface area contributed by atoms with Crippen molar-refractivity contribution in [2.45, 2.75) is 27.1 Å². The first-order valence-electron chi connectivity index (χ1n) is 6.72. The van der Waals surface area contributed by atoms with Crippen LogP contribution in [0.25, 0.3) is 11.1 Å². The Balaban J connectivity index is 2.51. The summed E-state index contributed by atoms with van der Waals surface area (Å²) in [6, 6.07) is 10.6. The van der Waals surface area contributed by atoms with Crippen molar-refractivity contribution in [1.82, 2.24) is 0 Å². The van der Waals surface area contributed by atoms with Gasteiger partial charge in [-0.15, -0.1) is 0 Å². The fraction of sp³-hybridized carbons (Fsp3) is 0.294. The molecule has 0 unspecified atom stereocenters. The van der Waals surface area contributed by atoms with Gasteiger partial charge in [-0.05, 0) is 42.7 Å². The lowest BCUT2D eigenvalue weighted by Gasteiger charge is -2.13. The average Bonchev–Trinajstić information content (AvgIpc) is 2.47. The van der Waals surface area contributed by atoms with Gasteiger partial charge in [0.05, 0.1) is 13.2 Å². The zero-order valence-electron chi connectivity index (χ0n) is 11.8. The third-order valence-electron chi connectivity index (χ3n) is 3.23. The number of aryl methyl sites for hydroxylation is 1. The maximum absolute atomic E-state index is 14.0. The Kier molecular flexibility index (Phi) is 4.88. The monoisotopic (exact) mass is 274 g/mol. The molecule has 0 heterocycles. The van der Waals surface area contributed by atoms with Gasteiger partial charge in [0.1, 0.15) is 5.82 Å². The molecule has 0 spiro atoms. The summed E-state index contributed by atoms with van der Waals surface area (Å²) in [6.45, 7) is 4.83. The highest BCUT2D eigenvalue weighted by atomic mass is 19.1. The van der Waals surface area contributed by atoms with Crippen LogP contribution in [-0.2, 0) is 18.0 Å². The summed E-state index contributed by atoms with van der Waals surface area (Å²) < 4.78 is 19.5. The van der Waals surface area contributed by atoms with Crippen molar-refractivity contribution in [3.63, 3.8) is 0 Å². The van der Waals surface area contributed by atoms with Crippen LogP contribution in [0.15, 0.2) is 36.4 Å². The van der Waals surface area contributed by atoms with Crippen LogP contribution in [-0.4, -0.2) is 11.7 Å². The van der Waals surface area contributed by atoms with Gasteiger partial charge in [-0.1, -0.05) is 29.8 Å². The van der Waals surface area contributed by atoms with Gasteiger partial charge in [0.2, 0.25) is 0 Å². The molecule has 0 aliphatic rings. The van der Waals surface area contributed by atoms with E-state index in [4.69, 9.17) is 4.74 Å². The average molecular weight is 274 g/mol. The minimum absolute atomic E-state index is 0.0320. The number of aliphatic hydroxyl groups excluding tert-OH is 1. The van der Waals surface area contributed by atoms with Crippen molar-refractivity contribution in [3.05, 3.63) is 58.9 Å². The van der Waals surface area contributed by atoms with E-state index in [1.807, 2.05) is 38.1 Å². The number of benzene rings is 2. The molecule has 0 fully saturated rings. The number of rotatable bonds is 5. The molecule has 0 saturated carbocycles. The van der Waals surface area contributed by atoms with Crippen LogP contribution in [0.3, 0.4) is 0 Å². The smallest absolute Gasteiger partial charge is 0.131 e. The molecule has 0 aromatic heterocycles. The quantitative estimate of drug-likeness (QED) is 0.898. The van der Waals surface area contributed by atoms with E-state index in [-0.39, 0.29) is 12.4 Å². The van der Waals surface area contributed by atoms with E-state index < -0.39 is 0 Å². The molecule has 20 heavy (non-hydrogen) atoms. The summed E-state index contributed by atoms with van der Waals surface area (Å²) in [5.41, 5.74) is 4.09. The van der Waals surface area contributed by atoms with Crippen molar-refractivity contribution in [3.8, 4) is 11.1 Å². The van der Waals surface area contributed by atoms with Gasteiger partial charge in [-0.2, -0.15) is 0 Å². The summed E-state index contributed by atoms with van der Waals surface area (Å²) in [4.78, 5) is 0. The number of halogens is 1. The number of ether oxygens (including phenoxy) is 1. The number of aliphatic hydroxyl groups is 1. The van der Waals surface area contributed by atoms with Crippen LogP contribution in [0.2, 0.25) is 0 Å². The van der Waals surface area contributed by atoms with Gasteiger partial charge in [0.15, 0.2) is 0 Å². The predicted molar refractivity (Wildman–Crippen MR) is 77.8 cm³/mol. The highest BCUT2D eigenvalue weighted by Crippen LogP contribution is 2.29. The molecule has 2 aromatic carbocycles. The third-order valence-corrected chi connectivity index (χ3v) is 3.23. The lowest BCUT2D eigenvalue weighted by molar-refractivity contribution is 0.134. The van der Waals surface area contributed by atoms with E-state index in [1.165, 1.54) is 6.07 Å². The van der Waals surface area contributed by atoms with Crippen molar-refractivity contribution >= 4 is 0 Å². The normalized spacial score (nSPS) is 10.8. The molecule has 0 saturated heterocycles. The number of hydrogen-bond donors (Lipinski definition) is 1. The second-order valence-electron chi connectivity index (χ2n) is 4.77. The molecule has 0 radical (unpaired) electrons. The molecule has 2 nitrogen and oxygen atoms in total. The van der Waals surface area contributed by atoms with Crippen molar-refractivity contribution in [1.29, 1.82) is 0 Å². The van der Waals surface area contributed by atoms with Crippen LogP contribution in [0, 0.1) is 12.7 Å².